The van der Waals surface area contributed by atoms with Crippen LogP contribution in [-0.4, -0.2) is 93.8 Å². The van der Waals surface area contributed by atoms with Crippen LogP contribution in [0.4, 0.5) is 4.79 Å². The van der Waals surface area contributed by atoms with Crippen LogP contribution in [0.1, 0.15) is 25.1 Å². The van der Waals surface area contributed by atoms with Crippen LogP contribution >= 0.6 is 0 Å². The Labute approximate surface area is 221 Å². The van der Waals surface area contributed by atoms with Crippen molar-refractivity contribution in [2.75, 3.05) is 33.3 Å². The van der Waals surface area contributed by atoms with Crippen LogP contribution in [0.25, 0.3) is 0 Å². The molecule has 0 saturated carbocycles. The molecular formula is C27H34N6O5. The number of carbonyl (C=O) groups excluding carboxylic acids is 4. The number of carbonyl (C=O) groups is 4. The van der Waals surface area contributed by atoms with Gasteiger partial charge in [-0.3, -0.25) is 24.3 Å². The molecule has 11 heteroatoms. The third-order valence-corrected chi connectivity index (χ3v) is 6.88. The van der Waals surface area contributed by atoms with Crippen molar-refractivity contribution in [3.63, 3.8) is 0 Å². The van der Waals surface area contributed by atoms with Crippen LogP contribution in [0.2, 0.25) is 0 Å². The van der Waals surface area contributed by atoms with Crippen molar-refractivity contribution in [3.8, 4) is 0 Å². The second kappa shape index (κ2) is 10.9. The van der Waals surface area contributed by atoms with E-state index in [9.17, 15) is 19.2 Å². The smallest absolute Gasteiger partial charge is 0.327 e. The molecule has 38 heavy (non-hydrogen) atoms. The minimum absolute atomic E-state index is 0.0333. The molecule has 2 fully saturated rings. The molecule has 4 rings (SSSR count). The normalized spacial score (nSPS) is 20.4. The van der Waals surface area contributed by atoms with Crippen molar-refractivity contribution < 1.29 is 23.9 Å². The summed E-state index contributed by atoms with van der Waals surface area (Å²) in [6.07, 6.45) is 1.78. The highest BCUT2D eigenvalue weighted by Crippen LogP contribution is 2.34. The zero-order valence-electron chi connectivity index (χ0n) is 21.9. The first kappa shape index (κ1) is 27.2. The van der Waals surface area contributed by atoms with Gasteiger partial charge in [0, 0.05) is 38.4 Å². The highest BCUT2D eigenvalue weighted by Gasteiger charge is 2.59. The Morgan fingerprint density at radius 1 is 1.13 bits per heavy atom. The largest absolute Gasteiger partial charge is 0.374 e. The summed E-state index contributed by atoms with van der Waals surface area (Å²) in [5, 5.41) is 2.72. The fourth-order valence-electron chi connectivity index (χ4n) is 4.78. The molecule has 3 N–H and O–H groups in total. The van der Waals surface area contributed by atoms with E-state index in [-0.39, 0.29) is 39.3 Å². The van der Waals surface area contributed by atoms with Gasteiger partial charge in [0.05, 0.1) is 25.3 Å². The average Bonchev–Trinajstić information content (AvgIpc) is 3.08. The molecule has 2 saturated heterocycles. The van der Waals surface area contributed by atoms with Gasteiger partial charge in [0.15, 0.2) is 0 Å². The predicted octanol–water partition coefficient (Wildman–Crippen LogP) is 0.538. The number of ether oxygens (including phenoxy) is 1. The average molecular weight is 523 g/mol. The van der Waals surface area contributed by atoms with Crippen molar-refractivity contribution in [2.45, 2.75) is 44.0 Å². The number of nitrogens with zero attached hydrogens (tertiary/aromatic N) is 4. The van der Waals surface area contributed by atoms with Crippen molar-refractivity contribution in [1.29, 1.82) is 0 Å². The van der Waals surface area contributed by atoms with Gasteiger partial charge in [-0.2, -0.15) is 0 Å². The molecule has 2 atom stereocenters. The molecule has 3 heterocycles. The Hall–Kier alpha value is -3.83. The molecule has 1 aromatic carbocycles. The molecule has 0 aliphatic carbocycles. The summed E-state index contributed by atoms with van der Waals surface area (Å²) in [6, 6.07) is 13.4. The number of aromatic nitrogens is 1. The maximum atomic E-state index is 13.8. The number of hydrogen-bond donors (Lipinski definition) is 2. The minimum Gasteiger partial charge on any atom is -0.374 e. The fourth-order valence-corrected chi connectivity index (χ4v) is 4.78. The number of amides is 5. The second-order valence-corrected chi connectivity index (χ2v) is 10.3. The van der Waals surface area contributed by atoms with Gasteiger partial charge in [-0.1, -0.05) is 36.4 Å². The summed E-state index contributed by atoms with van der Waals surface area (Å²) in [5.41, 5.74) is 5.02. The number of rotatable bonds is 9. The molecule has 0 radical (unpaired) electrons. The number of imide groups is 1. The number of benzene rings is 1. The SMILES string of the molecule is CN1C(=O)N2CCN(C(=O)[C@@H](COCc3ccccc3)NC(=O)C(C)(C)N)C[C@]2(Cc2ccccn2)C1=O. The van der Waals surface area contributed by atoms with Crippen LogP contribution in [0.15, 0.2) is 54.7 Å². The number of fused-ring (bicyclic) bond motifs is 1. The van der Waals surface area contributed by atoms with E-state index in [4.69, 9.17) is 10.5 Å². The number of piperazine rings is 1. The van der Waals surface area contributed by atoms with E-state index < -0.39 is 40.9 Å². The van der Waals surface area contributed by atoms with E-state index in [1.54, 1.807) is 32.2 Å². The lowest BCUT2D eigenvalue weighted by Crippen LogP contribution is -2.67. The first-order chi connectivity index (χ1) is 18.0. The zero-order chi connectivity index (χ0) is 27.5. The van der Waals surface area contributed by atoms with Crippen LogP contribution in [-0.2, 0) is 32.1 Å². The number of pyridine rings is 1. The molecular weight excluding hydrogens is 488 g/mol. The molecule has 2 aliphatic rings. The molecule has 1 aromatic heterocycles. The summed E-state index contributed by atoms with van der Waals surface area (Å²) in [4.78, 5) is 61.4. The lowest BCUT2D eigenvalue weighted by atomic mass is 9.88. The third kappa shape index (κ3) is 5.53. The Bertz CT molecular complexity index is 1190. The van der Waals surface area contributed by atoms with Crippen LogP contribution < -0.4 is 11.1 Å². The molecule has 0 bridgehead atoms. The molecule has 0 unspecified atom stereocenters. The van der Waals surface area contributed by atoms with Crippen molar-refractivity contribution >= 4 is 23.8 Å². The van der Waals surface area contributed by atoms with Crippen LogP contribution in [0, 0.1) is 0 Å². The molecule has 2 aliphatic heterocycles. The molecule has 2 aromatic rings. The topological polar surface area (TPSA) is 138 Å². The first-order valence-corrected chi connectivity index (χ1v) is 12.5. The minimum atomic E-state index is -1.29. The zero-order valence-corrected chi connectivity index (χ0v) is 21.9. The maximum absolute atomic E-state index is 13.8. The Balaban J connectivity index is 1.57. The van der Waals surface area contributed by atoms with Crippen molar-refractivity contribution in [2.24, 2.45) is 5.73 Å². The maximum Gasteiger partial charge on any atom is 0.327 e. The lowest BCUT2D eigenvalue weighted by Gasteiger charge is -2.45. The highest BCUT2D eigenvalue weighted by atomic mass is 16.5. The van der Waals surface area contributed by atoms with Gasteiger partial charge < -0.3 is 25.6 Å². The predicted molar refractivity (Wildman–Crippen MR) is 138 cm³/mol. The highest BCUT2D eigenvalue weighted by molar-refractivity contribution is 6.07. The molecule has 11 nitrogen and oxygen atoms in total. The van der Waals surface area contributed by atoms with E-state index in [1.807, 2.05) is 36.4 Å². The molecule has 0 spiro atoms. The van der Waals surface area contributed by atoms with Gasteiger partial charge in [-0.15, -0.1) is 0 Å². The number of hydrogen-bond acceptors (Lipinski definition) is 7. The quantitative estimate of drug-likeness (QED) is 0.459. The summed E-state index contributed by atoms with van der Waals surface area (Å²) >= 11 is 0. The number of nitrogens with two attached hydrogens (primary N) is 1. The Morgan fingerprint density at radius 3 is 2.50 bits per heavy atom. The van der Waals surface area contributed by atoms with Crippen molar-refractivity contribution in [1.82, 2.24) is 25.0 Å². The van der Waals surface area contributed by atoms with Gasteiger partial charge >= 0.3 is 6.03 Å². The molecule has 202 valence electrons. The summed E-state index contributed by atoms with van der Waals surface area (Å²) in [6.45, 7) is 3.60. The van der Waals surface area contributed by atoms with Gasteiger partial charge in [-0.05, 0) is 31.5 Å². The second-order valence-electron chi connectivity index (χ2n) is 10.3. The van der Waals surface area contributed by atoms with Crippen LogP contribution in [0.5, 0.6) is 0 Å². The summed E-state index contributed by atoms with van der Waals surface area (Å²) in [5.74, 6) is -1.31. The van der Waals surface area contributed by atoms with Gasteiger partial charge in [0.25, 0.3) is 5.91 Å². The van der Waals surface area contributed by atoms with Gasteiger partial charge in [0.1, 0.15) is 11.6 Å². The number of nitrogens with one attached hydrogen (secondary N) is 1. The number of urea groups is 1. The van der Waals surface area contributed by atoms with E-state index in [2.05, 4.69) is 10.3 Å². The van der Waals surface area contributed by atoms with Crippen molar-refractivity contribution in [3.05, 3.63) is 66.0 Å². The van der Waals surface area contributed by atoms with Gasteiger partial charge in [0.2, 0.25) is 11.8 Å². The van der Waals surface area contributed by atoms with E-state index in [0.29, 0.717) is 5.69 Å². The Kier molecular flexibility index (Phi) is 7.79. The monoisotopic (exact) mass is 522 g/mol. The number of likely N-dealkylation sites (N-methyl/N-ethyl adjacent to an activating group) is 1. The van der Waals surface area contributed by atoms with E-state index in [0.717, 1.165) is 10.5 Å². The first-order valence-electron chi connectivity index (χ1n) is 12.5. The van der Waals surface area contributed by atoms with E-state index in [1.165, 1.54) is 16.8 Å². The summed E-state index contributed by atoms with van der Waals surface area (Å²) < 4.78 is 5.82. The van der Waals surface area contributed by atoms with Gasteiger partial charge in [-0.25, -0.2) is 4.79 Å². The molecule has 5 amide bonds. The van der Waals surface area contributed by atoms with E-state index >= 15 is 0 Å². The lowest BCUT2D eigenvalue weighted by molar-refractivity contribution is -0.146. The van der Waals surface area contributed by atoms with Crippen LogP contribution in [0.3, 0.4) is 0 Å². The standard InChI is InChI=1S/C27H34N6O5/c1-26(2,28)23(35)30-21(17-38-16-19-9-5-4-6-10-19)22(34)32-13-14-33-25(37)31(3)24(36)27(33,18-32)15-20-11-7-8-12-29-20/h4-12,21H,13-18,28H2,1-3H3,(H,30,35)/t21-,27-/m1/s1. The third-order valence-electron chi connectivity index (χ3n) is 6.88. The summed E-state index contributed by atoms with van der Waals surface area (Å²) in [7, 11) is 1.44. The fraction of sp³-hybridized carbons (Fsp3) is 0.444. The Morgan fingerprint density at radius 2 is 1.84 bits per heavy atom.